The summed E-state index contributed by atoms with van der Waals surface area (Å²) in [7, 11) is 4.26. The zero-order valence-corrected chi connectivity index (χ0v) is 12.5. The van der Waals surface area contributed by atoms with Gasteiger partial charge in [-0.15, -0.1) is 11.6 Å². The molecule has 1 aliphatic heterocycles. The van der Waals surface area contributed by atoms with Crippen molar-refractivity contribution in [3.05, 3.63) is 22.3 Å². The standard InChI is InChI=1S/C12H17BrClN3/c1-16(2)11-3-4-17(8-11)12-9(6-14)5-10(13)7-15-12/h5,7,11H,3-4,6,8H2,1-2H3. The molecule has 0 saturated carbocycles. The lowest BCUT2D eigenvalue weighted by atomic mass is 10.2. The Hall–Kier alpha value is -0.320. The predicted octanol–water partition coefficient (Wildman–Crippen LogP) is 2.72. The van der Waals surface area contributed by atoms with Crippen molar-refractivity contribution in [1.82, 2.24) is 9.88 Å². The van der Waals surface area contributed by atoms with Crippen molar-refractivity contribution in [1.29, 1.82) is 0 Å². The van der Waals surface area contributed by atoms with Gasteiger partial charge in [-0.3, -0.25) is 0 Å². The predicted molar refractivity (Wildman–Crippen MR) is 75.8 cm³/mol. The monoisotopic (exact) mass is 317 g/mol. The molecule has 1 aromatic heterocycles. The van der Waals surface area contributed by atoms with Crippen molar-refractivity contribution in [2.45, 2.75) is 18.3 Å². The number of halogens is 2. The summed E-state index contributed by atoms with van der Waals surface area (Å²) in [6, 6.07) is 2.67. The summed E-state index contributed by atoms with van der Waals surface area (Å²) >= 11 is 9.42. The highest BCUT2D eigenvalue weighted by atomic mass is 79.9. The van der Waals surface area contributed by atoms with Crippen LogP contribution in [0, 0.1) is 0 Å². The van der Waals surface area contributed by atoms with E-state index >= 15 is 0 Å². The molecule has 0 N–H and O–H groups in total. The molecule has 3 nitrogen and oxygen atoms in total. The van der Waals surface area contributed by atoms with Gasteiger partial charge < -0.3 is 9.80 Å². The maximum atomic E-state index is 5.98. The van der Waals surface area contributed by atoms with Crippen molar-refractivity contribution in [3.63, 3.8) is 0 Å². The lowest BCUT2D eigenvalue weighted by Gasteiger charge is -2.22. The maximum Gasteiger partial charge on any atom is 0.133 e. The Morgan fingerprint density at radius 1 is 1.59 bits per heavy atom. The number of alkyl halides is 1. The van der Waals surface area contributed by atoms with Gasteiger partial charge in [0, 0.05) is 35.4 Å². The number of likely N-dealkylation sites (N-methyl/N-ethyl adjacent to an activating group) is 1. The fourth-order valence-corrected chi connectivity index (χ4v) is 2.79. The highest BCUT2D eigenvalue weighted by molar-refractivity contribution is 9.10. The average molecular weight is 319 g/mol. The molecule has 1 unspecified atom stereocenters. The van der Waals surface area contributed by atoms with E-state index in [0.29, 0.717) is 11.9 Å². The van der Waals surface area contributed by atoms with Gasteiger partial charge in [0.1, 0.15) is 5.82 Å². The van der Waals surface area contributed by atoms with E-state index in [1.807, 2.05) is 6.20 Å². The van der Waals surface area contributed by atoms with E-state index in [1.54, 1.807) is 0 Å². The summed E-state index contributed by atoms with van der Waals surface area (Å²) in [5.41, 5.74) is 1.10. The average Bonchev–Trinajstić information content (AvgIpc) is 2.78. The number of hydrogen-bond acceptors (Lipinski definition) is 3. The van der Waals surface area contributed by atoms with Gasteiger partial charge in [-0.1, -0.05) is 0 Å². The highest BCUT2D eigenvalue weighted by Crippen LogP contribution is 2.27. The van der Waals surface area contributed by atoms with Gasteiger partial charge in [-0.25, -0.2) is 4.98 Å². The Labute approximate surface area is 116 Å². The Morgan fingerprint density at radius 2 is 2.35 bits per heavy atom. The van der Waals surface area contributed by atoms with Crippen LogP contribution in [-0.4, -0.2) is 43.1 Å². The molecule has 2 rings (SSSR count). The fraction of sp³-hybridized carbons (Fsp3) is 0.583. The van der Waals surface area contributed by atoms with Crippen molar-refractivity contribution >= 4 is 33.3 Å². The van der Waals surface area contributed by atoms with E-state index in [1.165, 1.54) is 6.42 Å². The van der Waals surface area contributed by atoms with Crippen LogP contribution in [0.4, 0.5) is 5.82 Å². The fourth-order valence-electron chi connectivity index (χ4n) is 2.21. The lowest BCUT2D eigenvalue weighted by molar-refractivity contribution is 0.315. The molecule has 1 saturated heterocycles. The second-order valence-electron chi connectivity index (χ2n) is 4.62. The van der Waals surface area contributed by atoms with Crippen LogP contribution in [0.25, 0.3) is 0 Å². The first-order chi connectivity index (χ1) is 8.11. The molecule has 1 fully saturated rings. The van der Waals surface area contributed by atoms with E-state index in [-0.39, 0.29) is 0 Å². The molecule has 1 atom stereocenters. The third-order valence-electron chi connectivity index (χ3n) is 3.25. The molecule has 0 bridgehead atoms. The zero-order valence-electron chi connectivity index (χ0n) is 10.2. The second-order valence-corrected chi connectivity index (χ2v) is 5.80. The topological polar surface area (TPSA) is 19.4 Å². The number of hydrogen-bond donors (Lipinski definition) is 0. The Kier molecular flexibility index (Phi) is 4.28. The maximum absolute atomic E-state index is 5.98. The van der Waals surface area contributed by atoms with Crippen LogP contribution < -0.4 is 4.90 Å². The molecule has 1 aliphatic rings. The van der Waals surface area contributed by atoms with Crippen LogP contribution in [0.5, 0.6) is 0 Å². The first-order valence-electron chi connectivity index (χ1n) is 5.73. The molecule has 0 aromatic carbocycles. The molecule has 0 amide bonds. The molecule has 0 aliphatic carbocycles. The largest absolute Gasteiger partial charge is 0.355 e. The van der Waals surface area contributed by atoms with Crippen molar-refractivity contribution in [2.24, 2.45) is 0 Å². The Bertz CT molecular complexity index is 397. The number of anilines is 1. The summed E-state index contributed by atoms with van der Waals surface area (Å²) in [5, 5.41) is 0. The second kappa shape index (κ2) is 5.55. The van der Waals surface area contributed by atoms with E-state index < -0.39 is 0 Å². The van der Waals surface area contributed by atoms with Crippen LogP contribution in [0.3, 0.4) is 0 Å². The van der Waals surface area contributed by atoms with Crippen LogP contribution in [-0.2, 0) is 5.88 Å². The van der Waals surface area contributed by atoms with Gasteiger partial charge >= 0.3 is 0 Å². The Morgan fingerprint density at radius 3 is 2.94 bits per heavy atom. The van der Waals surface area contributed by atoms with Gasteiger partial charge in [-0.2, -0.15) is 0 Å². The van der Waals surface area contributed by atoms with Crippen molar-refractivity contribution in [2.75, 3.05) is 32.1 Å². The van der Waals surface area contributed by atoms with Crippen LogP contribution in [0.1, 0.15) is 12.0 Å². The number of nitrogens with zero attached hydrogens (tertiary/aromatic N) is 3. The quantitative estimate of drug-likeness (QED) is 0.799. The van der Waals surface area contributed by atoms with E-state index in [4.69, 9.17) is 11.6 Å². The molecule has 94 valence electrons. The number of aromatic nitrogens is 1. The van der Waals surface area contributed by atoms with Gasteiger partial charge in [0.05, 0.1) is 5.88 Å². The van der Waals surface area contributed by atoms with E-state index in [0.717, 1.165) is 28.9 Å². The summed E-state index contributed by atoms with van der Waals surface area (Å²) in [5.74, 6) is 1.54. The van der Waals surface area contributed by atoms with Crippen molar-refractivity contribution < 1.29 is 0 Å². The molecular formula is C12H17BrClN3. The smallest absolute Gasteiger partial charge is 0.133 e. The normalized spacial score (nSPS) is 20.3. The first-order valence-corrected chi connectivity index (χ1v) is 7.06. The minimum atomic E-state index is 0.505. The summed E-state index contributed by atoms with van der Waals surface area (Å²) in [6.45, 7) is 2.09. The highest BCUT2D eigenvalue weighted by Gasteiger charge is 2.26. The van der Waals surface area contributed by atoms with Gasteiger partial charge in [-0.05, 0) is 42.5 Å². The lowest BCUT2D eigenvalue weighted by Crippen LogP contribution is -2.32. The third-order valence-corrected chi connectivity index (χ3v) is 3.97. The minimum absolute atomic E-state index is 0.505. The molecule has 1 aromatic rings. The Balaban J connectivity index is 2.18. The molecular weight excluding hydrogens is 302 g/mol. The van der Waals surface area contributed by atoms with Crippen LogP contribution in [0.15, 0.2) is 16.7 Å². The number of pyridine rings is 1. The van der Waals surface area contributed by atoms with Gasteiger partial charge in [0.25, 0.3) is 0 Å². The summed E-state index contributed by atoms with van der Waals surface area (Å²) in [6.07, 6.45) is 3.03. The molecule has 5 heteroatoms. The minimum Gasteiger partial charge on any atom is -0.355 e. The van der Waals surface area contributed by atoms with Crippen LogP contribution in [0.2, 0.25) is 0 Å². The van der Waals surface area contributed by atoms with Crippen LogP contribution >= 0.6 is 27.5 Å². The van der Waals surface area contributed by atoms with E-state index in [9.17, 15) is 0 Å². The SMILES string of the molecule is CN(C)C1CCN(c2ncc(Br)cc2CCl)C1. The number of rotatable bonds is 3. The molecule has 2 heterocycles. The molecule has 0 spiro atoms. The van der Waals surface area contributed by atoms with E-state index in [2.05, 4.69) is 50.9 Å². The van der Waals surface area contributed by atoms with Crippen molar-refractivity contribution in [3.8, 4) is 0 Å². The first kappa shape index (κ1) is 13.1. The summed E-state index contributed by atoms with van der Waals surface area (Å²) < 4.78 is 0.986. The zero-order chi connectivity index (χ0) is 12.4. The van der Waals surface area contributed by atoms with Gasteiger partial charge in [0.15, 0.2) is 0 Å². The molecule has 17 heavy (non-hydrogen) atoms. The molecule has 0 radical (unpaired) electrons. The summed E-state index contributed by atoms with van der Waals surface area (Å²) in [4.78, 5) is 9.11. The third kappa shape index (κ3) is 2.92. The van der Waals surface area contributed by atoms with Gasteiger partial charge in [0.2, 0.25) is 0 Å².